The number of hydrogen-bond donors (Lipinski definition) is 0. The molecule has 186 valence electrons. The number of rotatable bonds is 2. The lowest BCUT2D eigenvalue weighted by Crippen LogP contribution is -2.63. The van der Waals surface area contributed by atoms with E-state index in [0.717, 1.165) is 18.3 Å². The zero-order valence-corrected chi connectivity index (χ0v) is 22.9. The van der Waals surface area contributed by atoms with Gasteiger partial charge in [0.2, 0.25) is 0 Å². The molecule has 2 nitrogen and oxygen atoms in total. The van der Waals surface area contributed by atoms with Gasteiger partial charge in [0, 0.05) is 5.41 Å². The second-order valence-electron chi connectivity index (χ2n) is 15.5. The first-order valence-electron chi connectivity index (χ1n) is 14.0. The van der Waals surface area contributed by atoms with Gasteiger partial charge in [0.25, 0.3) is 6.47 Å². The molecular weight excluding hydrogens is 404 g/mol. The maximum absolute atomic E-state index is 11.2. The molecule has 0 aromatic heterocycles. The van der Waals surface area contributed by atoms with Crippen LogP contribution < -0.4 is 0 Å². The molecule has 4 fully saturated rings. The van der Waals surface area contributed by atoms with Crippen LogP contribution in [0.3, 0.4) is 0 Å². The van der Waals surface area contributed by atoms with Crippen LogP contribution in [-0.4, -0.2) is 12.6 Å². The molecule has 5 aliphatic rings. The molecule has 0 aromatic rings. The summed E-state index contributed by atoms with van der Waals surface area (Å²) in [6, 6.07) is 0. The van der Waals surface area contributed by atoms with Crippen LogP contribution in [-0.2, 0) is 9.53 Å². The van der Waals surface area contributed by atoms with Gasteiger partial charge in [-0.3, -0.25) is 4.79 Å². The van der Waals surface area contributed by atoms with Gasteiger partial charge in [0.05, 0.1) is 0 Å². The molecule has 0 radical (unpaired) electrons. The largest absolute Gasteiger partial charge is 0.464 e. The summed E-state index contributed by atoms with van der Waals surface area (Å²) in [7, 11) is 0. The molecule has 0 aromatic carbocycles. The summed E-state index contributed by atoms with van der Waals surface area (Å²) in [5, 5.41) is 0. The Morgan fingerprint density at radius 1 is 0.788 bits per heavy atom. The van der Waals surface area contributed by atoms with Crippen molar-refractivity contribution in [2.45, 2.75) is 126 Å². The molecule has 0 bridgehead atoms. The smallest absolute Gasteiger partial charge is 0.293 e. The molecular formula is C31H50O2. The third-order valence-electron chi connectivity index (χ3n) is 12.9. The maximum Gasteiger partial charge on any atom is 0.293 e. The lowest BCUT2D eigenvalue weighted by Gasteiger charge is -2.70. The Labute approximate surface area is 203 Å². The van der Waals surface area contributed by atoms with Gasteiger partial charge in [-0.2, -0.15) is 0 Å². The van der Waals surface area contributed by atoms with E-state index in [2.05, 4.69) is 61.5 Å². The minimum absolute atomic E-state index is 0.0584. The van der Waals surface area contributed by atoms with Crippen molar-refractivity contribution < 1.29 is 9.53 Å². The highest BCUT2D eigenvalue weighted by Gasteiger charge is 2.67. The van der Waals surface area contributed by atoms with Gasteiger partial charge in [0.15, 0.2) is 0 Å². The summed E-state index contributed by atoms with van der Waals surface area (Å²) in [6.45, 7) is 21.1. The fourth-order valence-electron chi connectivity index (χ4n) is 11.1. The Balaban J connectivity index is 1.53. The average Bonchev–Trinajstić information content (AvgIpc) is 2.71. The number of hydrogen-bond acceptors (Lipinski definition) is 2. The molecule has 33 heavy (non-hydrogen) atoms. The molecule has 0 heterocycles. The number of fused-ring (bicyclic) bond motifs is 7. The van der Waals surface area contributed by atoms with Crippen LogP contribution in [0, 0.1) is 50.2 Å². The van der Waals surface area contributed by atoms with Gasteiger partial charge in [-0.25, -0.2) is 0 Å². The zero-order valence-electron chi connectivity index (χ0n) is 22.9. The Morgan fingerprint density at radius 3 is 2.09 bits per heavy atom. The van der Waals surface area contributed by atoms with Gasteiger partial charge < -0.3 is 4.74 Å². The predicted octanol–water partition coefficient (Wildman–Crippen LogP) is 8.35. The van der Waals surface area contributed by atoms with Gasteiger partial charge in [-0.05, 0) is 109 Å². The second kappa shape index (κ2) is 7.13. The van der Waals surface area contributed by atoms with Gasteiger partial charge in [0.1, 0.15) is 6.10 Å². The quantitative estimate of drug-likeness (QED) is 0.309. The van der Waals surface area contributed by atoms with Crippen molar-refractivity contribution in [2.24, 2.45) is 50.2 Å². The third-order valence-corrected chi connectivity index (χ3v) is 12.9. The molecule has 0 unspecified atom stereocenters. The lowest BCUT2D eigenvalue weighted by atomic mass is 9.34. The Bertz CT molecular complexity index is 853. The molecule has 0 spiro atoms. The number of allylic oxidation sites excluding steroid dienone is 2. The van der Waals surface area contributed by atoms with Crippen LogP contribution >= 0.6 is 0 Å². The van der Waals surface area contributed by atoms with Crippen LogP contribution in [0.2, 0.25) is 0 Å². The Hall–Kier alpha value is -0.790. The van der Waals surface area contributed by atoms with Gasteiger partial charge in [-0.1, -0.05) is 67.0 Å². The normalized spacial score (nSPS) is 52.3. The van der Waals surface area contributed by atoms with Crippen LogP contribution in [0.1, 0.15) is 120 Å². The minimum Gasteiger partial charge on any atom is -0.464 e. The van der Waals surface area contributed by atoms with Crippen molar-refractivity contribution in [2.75, 3.05) is 0 Å². The van der Waals surface area contributed by atoms with Crippen molar-refractivity contribution in [3.63, 3.8) is 0 Å². The zero-order chi connectivity index (χ0) is 24.1. The Morgan fingerprint density at radius 2 is 1.42 bits per heavy atom. The molecule has 4 saturated carbocycles. The summed E-state index contributed by atoms with van der Waals surface area (Å²) < 4.78 is 5.65. The van der Waals surface area contributed by atoms with E-state index in [1.54, 1.807) is 0 Å². The molecule has 5 aliphatic carbocycles. The molecule has 2 heteroatoms. The summed E-state index contributed by atoms with van der Waals surface area (Å²) in [4.78, 5) is 11.2. The third kappa shape index (κ3) is 3.13. The first-order chi connectivity index (χ1) is 15.2. The predicted molar refractivity (Wildman–Crippen MR) is 136 cm³/mol. The summed E-state index contributed by atoms with van der Waals surface area (Å²) in [5.41, 5.74) is 3.93. The molecule has 0 aliphatic heterocycles. The molecule has 0 amide bonds. The summed E-state index contributed by atoms with van der Waals surface area (Å²) >= 11 is 0. The SMILES string of the molecule is CC1(C)CC[C@]2(C)CC=C3[C@]4(C)CC[C@H]5C(C)(C)[C@@H](OC=O)CC[C@]5(C)[C@H]4CC[C@@]3(C)[C@@H]2C1. The van der Waals surface area contributed by atoms with E-state index >= 15 is 0 Å². The van der Waals surface area contributed by atoms with E-state index in [-0.39, 0.29) is 11.5 Å². The van der Waals surface area contributed by atoms with E-state index in [4.69, 9.17) is 4.74 Å². The van der Waals surface area contributed by atoms with Gasteiger partial charge in [-0.15, -0.1) is 0 Å². The van der Waals surface area contributed by atoms with Crippen molar-refractivity contribution >= 4 is 6.47 Å². The second-order valence-corrected chi connectivity index (χ2v) is 15.5. The molecule has 0 saturated heterocycles. The lowest BCUT2D eigenvalue weighted by molar-refractivity contribution is -0.193. The molecule has 8 atom stereocenters. The first kappa shape index (κ1) is 23.9. The van der Waals surface area contributed by atoms with Crippen LogP contribution in [0.25, 0.3) is 0 Å². The topological polar surface area (TPSA) is 26.3 Å². The highest BCUT2D eigenvalue weighted by molar-refractivity contribution is 5.38. The van der Waals surface area contributed by atoms with E-state index in [1.165, 1.54) is 57.8 Å². The van der Waals surface area contributed by atoms with Crippen molar-refractivity contribution in [1.29, 1.82) is 0 Å². The molecule has 0 N–H and O–H groups in total. The fourth-order valence-corrected chi connectivity index (χ4v) is 11.1. The van der Waals surface area contributed by atoms with Crippen LogP contribution in [0.15, 0.2) is 11.6 Å². The van der Waals surface area contributed by atoms with Crippen LogP contribution in [0.4, 0.5) is 0 Å². The molecule has 5 rings (SSSR count). The first-order valence-corrected chi connectivity index (χ1v) is 14.0. The Kier molecular flexibility index (Phi) is 5.17. The van der Waals surface area contributed by atoms with E-state index in [0.29, 0.717) is 39.5 Å². The monoisotopic (exact) mass is 454 g/mol. The van der Waals surface area contributed by atoms with Crippen LogP contribution in [0.5, 0.6) is 0 Å². The van der Waals surface area contributed by atoms with E-state index in [9.17, 15) is 4.79 Å². The maximum atomic E-state index is 11.2. The number of carbonyl (C=O) groups excluding carboxylic acids is 1. The van der Waals surface area contributed by atoms with E-state index in [1.807, 2.05) is 5.57 Å². The highest BCUT2D eigenvalue weighted by Crippen LogP contribution is 2.75. The highest BCUT2D eigenvalue weighted by atomic mass is 16.5. The average molecular weight is 455 g/mol. The summed E-state index contributed by atoms with van der Waals surface area (Å²) in [6.07, 6.45) is 15.9. The summed E-state index contributed by atoms with van der Waals surface area (Å²) in [5.74, 6) is 2.21. The van der Waals surface area contributed by atoms with Crippen molar-refractivity contribution in [3.8, 4) is 0 Å². The fraction of sp³-hybridized carbons (Fsp3) is 0.903. The number of carbonyl (C=O) groups is 1. The number of ether oxygens (including phenoxy) is 1. The standard InChI is InChI=1S/C31H50O2/c1-26(2)17-18-28(5)13-9-22-30(7)14-10-21-27(3,4)25(33-20-32)12-16-29(21,6)23(30)11-15-31(22,8)24(28)19-26/h9,20-21,23-25H,10-19H2,1-8H3/t21-,23+,24+,25-,28-,29-,30-,31+/m0/s1. The van der Waals surface area contributed by atoms with Crippen molar-refractivity contribution in [3.05, 3.63) is 11.6 Å². The van der Waals surface area contributed by atoms with E-state index < -0.39 is 0 Å². The minimum atomic E-state index is 0.0584. The van der Waals surface area contributed by atoms with Gasteiger partial charge >= 0.3 is 0 Å². The van der Waals surface area contributed by atoms with Crippen molar-refractivity contribution in [1.82, 2.24) is 0 Å².